The van der Waals surface area contributed by atoms with E-state index < -0.39 is 3.34 Å². The van der Waals surface area contributed by atoms with E-state index in [4.69, 9.17) is 0 Å². The molecule has 1 heterocycles. The monoisotopic (exact) mass is 539 g/mol. The topological polar surface area (TPSA) is 30.7 Å². The number of benzene rings is 4. The Bertz CT molecular complexity index is 1250. The molecule has 1 aromatic heterocycles. The van der Waals surface area contributed by atoms with Crippen LogP contribution in [0.3, 0.4) is 0 Å². The van der Waals surface area contributed by atoms with Crippen molar-refractivity contribution in [1.29, 1.82) is 0 Å². The summed E-state index contributed by atoms with van der Waals surface area (Å²) in [5, 5.41) is 9.13. The Hall–Kier alpha value is -2.75. The standard InChI is InChI=1S/C25H18FN3Se2/c26-20-17-15-19(16-18-20)25(30-21-9-3-1-4-10-21,31-22-11-5-2-6-12-22)29-24-14-8-7-13-23(24)27-28-29/h1-18H. The number of halogens is 1. The average molecular weight is 537 g/mol. The van der Waals surface area contributed by atoms with Crippen LogP contribution >= 0.6 is 0 Å². The summed E-state index contributed by atoms with van der Waals surface area (Å²) in [6.45, 7) is 0. The first-order valence-corrected chi connectivity index (χ1v) is 13.2. The molecule has 0 saturated heterocycles. The number of nitrogens with zero attached hydrogens (tertiary/aromatic N) is 3. The third-order valence-corrected chi connectivity index (χ3v) is 11.7. The van der Waals surface area contributed by atoms with E-state index in [0.29, 0.717) is 0 Å². The van der Waals surface area contributed by atoms with E-state index in [1.54, 1.807) is 12.1 Å². The van der Waals surface area contributed by atoms with E-state index in [1.165, 1.54) is 8.92 Å². The minimum absolute atomic E-state index is 0.0294. The molecule has 0 bridgehead atoms. The van der Waals surface area contributed by atoms with Gasteiger partial charge in [-0.2, -0.15) is 0 Å². The van der Waals surface area contributed by atoms with Crippen LogP contribution in [0, 0.1) is 5.82 Å². The van der Waals surface area contributed by atoms with Crippen LogP contribution in [-0.4, -0.2) is 44.9 Å². The third-order valence-electron chi connectivity index (χ3n) is 4.84. The van der Waals surface area contributed by atoms with E-state index in [-0.39, 0.29) is 35.7 Å². The molecule has 0 fully saturated rings. The van der Waals surface area contributed by atoms with E-state index in [2.05, 4.69) is 69.6 Å². The van der Waals surface area contributed by atoms with Crippen LogP contribution in [-0.2, 0) is 3.34 Å². The van der Waals surface area contributed by atoms with Gasteiger partial charge in [0.25, 0.3) is 0 Å². The van der Waals surface area contributed by atoms with Gasteiger partial charge in [0, 0.05) is 0 Å². The average Bonchev–Trinajstić information content (AvgIpc) is 3.25. The number of fused-ring (bicyclic) bond motifs is 1. The van der Waals surface area contributed by atoms with Crippen LogP contribution in [0.1, 0.15) is 5.56 Å². The molecule has 0 amide bonds. The zero-order valence-corrected chi connectivity index (χ0v) is 19.9. The molecule has 152 valence electrons. The first-order chi connectivity index (χ1) is 15.2. The Morgan fingerprint density at radius 2 is 1.19 bits per heavy atom. The molecule has 5 aromatic rings. The van der Waals surface area contributed by atoms with Crippen molar-refractivity contribution in [2.24, 2.45) is 0 Å². The zero-order chi connectivity index (χ0) is 21.1. The van der Waals surface area contributed by atoms with Crippen molar-refractivity contribution in [2.45, 2.75) is 3.34 Å². The summed E-state index contributed by atoms with van der Waals surface area (Å²) in [5.74, 6) is -0.236. The summed E-state index contributed by atoms with van der Waals surface area (Å²) in [6, 6.07) is 36.0. The fourth-order valence-corrected chi connectivity index (χ4v) is 10.6. The molecule has 0 spiro atoms. The number of aromatic nitrogens is 3. The van der Waals surface area contributed by atoms with Gasteiger partial charge in [0.2, 0.25) is 0 Å². The molecular weight excluding hydrogens is 519 g/mol. The van der Waals surface area contributed by atoms with Crippen LogP contribution in [0.2, 0.25) is 0 Å². The number of hydrogen-bond acceptors (Lipinski definition) is 2. The molecule has 5 rings (SSSR count). The fraction of sp³-hybridized carbons (Fsp3) is 0.0400. The maximum atomic E-state index is 13.9. The molecule has 0 aliphatic rings. The second kappa shape index (κ2) is 8.78. The molecule has 0 unspecified atom stereocenters. The van der Waals surface area contributed by atoms with E-state index in [1.807, 2.05) is 42.5 Å². The van der Waals surface area contributed by atoms with Crippen molar-refractivity contribution in [3.8, 4) is 0 Å². The van der Waals surface area contributed by atoms with Crippen LogP contribution < -0.4 is 8.92 Å². The number of para-hydroxylation sites is 1. The number of hydrogen-bond donors (Lipinski definition) is 0. The Balaban J connectivity index is 1.78. The van der Waals surface area contributed by atoms with Crippen LogP contribution in [0.4, 0.5) is 4.39 Å². The molecule has 0 aliphatic heterocycles. The summed E-state index contributed by atoms with van der Waals surface area (Å²) >= 11 is -0.0587. The van der Waals surface area contributed by atoms with Crippen LogP contribution in [0.15, 0.2) is 109 Å². The first kappa shape index (κ1) is 20.2. The van der Waals surface area contributed by atoms with Gasteiger partial charge in [0.15, 0.2) is 0 Å². The van der Waals surface area contributed by atoms with Gasteiger partial charge >= 0.3 is 193 Å². The fourth-order valence-electron chi connectivity index (χ4n) is 3.39. The Kier molecular flexibility index (Phi) is 5.71. The predicted molar refractivity (Wildman–Crippen MR) is 125 cm³/mol. The molecule has 0 aliphatic carbocycles. The minimum atomic E-state index is -0.452. The molecule has 6 heteroatoms. The molecule has 0 atom stereocenters. The molecule has 31 heavy (non-hydrogen) atoms. The van der Waals surface area contributed by atoms with E-state index >= 15 is 0 Å². The number of rotatable bonds is 6. The predicted octanol–water partition coefficient (Wildman–Crippen LogP) is 3.29. The van der Waals surface area contributed by atoms with Gasteiger partial charge in [-0.25, -0.2) is 0 Å². The quantitative estimate of drug-likeness (QED) is 0.312. The van der Waals surface area contributed by atoms with Crippen LogP contribution in [0.25, 0.3) is 11.0 Å². The maximum absolute atomic E-state index is 13.9. The van der Waals surface area contributed by atoms with Gasteiger partial charge in [0.05, 0.1) is 0 Å². The van der Waals surface area contributed by atoms with Gasteiger partial charge in [-0.05, 0) is 0 Å². The van der Waals surface area contributed by atoms with Crippen molar-refractivity contribution in [1.82, 2.24) is 15.0 Å². The van der Waals surface area contributed by atoms with Gasteiger partial charge in [-0.15, -0.1) is 0 Å². The van der Waals surface area contributed by atoms with Crippen molar-refractivity contribution in [2.75, 3.05) is 0 Å². The normalized spacial score (nSPS) is 11.6. The van der Waals surface area contributed by atoms with Gasteiger partial charge in [0.1, 0.15) is 0 Å². The summed E-state index contributed by atoms with van der Waals surface area (Å²) < 4.78 is 18.0. The summed E-state index contributed by atoms with van der Waals surface area (Å²) in [6.07, 6.45) is 0. The van der Waals surface area contributed by atoms with Crippen LogP contribution in [0.5, 0.6) is 0 Å². The summed E-state index contributed by atoms with van der Waals surface area (Å²) in [5.41, 5.74) is 2.90. The Morgan fingerprint density at radius 1 is 0.645 bits per heavy atom. The van der Waals surface area contributed by atoms with Gasteiger partial charge in [-0.1, -0.05) is 0 Å². The molecule has 0 N–H and O–H groups in total. The van der Waals surface area contributed by atoms with Crippen molar-refractivity contribution < 1.29 is 4.39 Å². The SMILES string of the molecule is Fc1ccc(C([Se]c2ccccc2)([Se]c2ccccc2)n2nnc3ccccc32)cc1. The summed E-state index contributed by atoms with van der Waals surface area (Å²) in [4.78, 5) is 0. The molecule has 4 aromatic carbocycles. The van der Waals surface area contributed by atoms with E-state index in [9.17, 15) is 4.39 Å². The molecule has 0 saturated carbocycles. The van der Waals surface area contributed by atoms with Gasteiger partial charge < -0.3 is 0 Å². The Labute approximate surface area is 192 Å². The second-order valence-corrected chi connectivity index (χ2v) is 13.5. The second-order valence-electron chi connectivity index (χ2n) is 6.91. The zero-order valence-electron chi connectivity index (χ0n) is 16.4. The first-order valence-electron chi connectivity index (χ1n) is 9.80. The Morgan fingerprint density at radius 3 is 1.81 bits per heavy atom. The summed E-state index contributed by atoms with van der Waals surface area (Å²) in [7, 11) is 0. The molecule has 0 radical (unpaired) electrons. The van der Waals surface area contributed by atoms with E-state index in [0.717, 1.165) is 16.6 Å². The van der Waals surface area contributed by atoms with Crippen molar-refractivity contribution >= 4 is 49.9 Å². The third kappa shape index (κ3) is 4.08. The van der Waals surface area contributed by atoms with Gasteiger partial charge in [-0.3, -0.25) is 0 Å². The molecular formula is C25H18FN3Se2. The van der Waals surface area contributed by atoms with Crippen molar-refractivity contribution in [3.05, 3.63) is 121 Å². The van der Waals surface area contributed by atoms with Crippen molar-refractivity contribution in [3.63, 3.8) is 0 Å². The molecule has 3 nitrogen and oxygen atoms in total.